The van der Waals surface area contributed by atoms with Gasteiger partial charge in [0.1, 0.15) is 35.3 Å². The van der Waals surface area contributed by atoms with Gasteiger partial charge in [-0.15, -0.1) is 0 Å². The van der Waals surface area contributed by atoms with E-state index in [0.29, 0.717) is 30.2 Å². The lowest BCUT2D eigenvalue weighted by molar-refractivity contribution is -0.218. The van der Waals surface area contributed by atoms with E-state index in [4.69, 9.17) is 19.9 Å². The Hall–Kier alpha value is -3.30. The van der Waals surface area contributed by atoms with E-state index in [1.54, 1.807) is 16.6 Å². The van der Waals surface area contributed by atoms with Crippen molar-refractivity contribution in [1.29, 1.82) is 0 Å². The molecule has 33 heavy (non-hydrogen) atoms. The molecule has 6 rings (SSSR count). The zero-order valence-corrected chi connectivity index (χ0v) is 17.9. The number of hydrogen-bond donors (Lipinski definition) is 2. The lowest BCUT2D eigenvalue weighted by Gasteiger charge is -2.27. The van der Waals surface area contributed by atoms with Crippen LogP contribution in [0, 0.1) is 0 Å². The maximum Gasteiger partial charge on any atom is 0.213 e. The molecule has 0 bridgehead atoms. The molecule has 1 saturated heterocycles. The summed E-state index contributed by atoms with van der Waals surface area (Å²) in [4.78, 5) is 4.01. The van der Waals surface area contributed by atoms with Crippen molar-refractivity contribution in [2.75, 3.05) is 5.73 Å². The second-order valence-electron chi connectivity index (χ2n) is 8.61. The molecule has 8 nitrogen and oxygen atoms in total. The molecule has 1 aliphatic carbocycles. The number of rotatable bonds is 7. The molecule has 2 aliphatic rings. The number of ether oxygens (including phenoxy) is 3. The number of aliphatic hydroxyl groups is 1. The van der Waals surface area contributed by atoms with E-state index >= 15 is 0 Å². The molecule has 0 radical (unpaired) electrons. The molecule has 8 heteroatoms. The second kappa shape index (κ2) is 7.64. The first-order valence-electron chi connectivity index (χ1n) is 10.9. The Balaban J connectivity index is 1.27. The molecule has 2 fully saturated rings. The van der Waals surface area contributed by atoms with Crippen molar-refractivity contribution < 1.29 is 19.3 Å². The first kappa shape index (κ1) is 20.3. The van der Waals surface area contributed by atoms with E-state index in [2.05, 4.69) is 10.1 Å². The highest BCUT2D eigenvalue weighted by Gasteiger charge is 2.78. The number of nitrogens with zero attached hydrogens (tertiary/aromatic N) is 3. The van der Waals surface area contributed by atoms with Gasteiger partial charge < -0.3 is 25.1 Å². The minimum atomic E-state index is -1.58. The van der Waals surface area contributed by atoms with Crippen molar-refractivity contribution in [1.82, 2.24) is 14.6 Å². The van der Waals surface area contributed by atoms with Gasteiger partial charge in [-0.25, -0.2) is 9.50 Å². The number of nitrogens with two attached hydrogens (primary N) is 1. The van der Waals surface area contributed by atoms with Crippen LogP contribution in [0.25, 0.3) is 5.52 Å². The van der Waals surface area contributed by atoms with Crippen LogP contribution in [0.2, 0.25) is 0 Å². The molecule has 0 spiro atoms. The average Bonchev–Trinajstić information content (AvgIpc) is 3.14. The van der Waals surface area contributed by atoms with Crippen LogP contribution in [-0.4, -0.2) is 37.5 Å². The summed E-state index contributed by atoms with van der Waals surface area (Å²) < 4.78 is 20.4. The second-order valence-corrected chi connectivity index (χ2v) is 8.61. The molecule has 4 atom stereocenters. The Morgan fingerprint density at radius 1 is 1.00 bits per heavy atom. The molecular formula is C25H24N4O4. The van der Waals surface area contributed by atoms with Gasteiger partial charge in [0, 0.05) is 6.42 Å². The van der Waals surface area contributed by atoms with Gasteiger partial charge in [-0.2, -0.15) is 5.10 Å². The highest BCUT2D eigenvalue weighted by atomic mass is 16.7. The normalized spacial score (nSPS) is 28.2. The summed E-state index contributed by atoms with van der Waals surface area (Å²) in [6, 6.07) is 23.4. The minimum absolute atomic E-state index is 0.215. The van der Waals surface area contributed by atoms with Crippen LogP contribution in [0.4, 0.5) is 5.82 Å². The third-order valence-corrected chi connectivity index (χ3v) is 6.47. The molecule has 2 aromatic heterocycles. The van der Waals surface area contributed by atoms with Crippen molar-refractivity contribution >= 4 is 11.3 Å². The first-order chi connectivity index (χ1) is 16.1. The topological polar surface area (TPSA) is 104 Å². The zero-order valence-electron chi connectivity index (χ0n) is 17.9. The van der Waals surface area contributed by atoms with Gasteiger partial charge >= 0.3 is 0 Å². The number of aromatic nitrogens is 3. The van der Waals surface area contributed by atoms with Gasteiger partial charge in [0.25, 0.3) is 0 Å². The van der Waals surface area contributed by atoms with E-state index in [1.807, 2.05) is 60.7 Å². The van der Waals surface area contributed by atoms with Gasteiger partial charge in [-0.3, -0.25) is 0 Å². The van der Waals surface area contributed by atoms with Gasteiger partial charge in [0.2, 0.25) is 5.79 Å². The van der Waals surface area contributed by atoms with Gasteiger partial charge in [0.05, 0.1) is 13.2 Å². The van der Waals surface area contributed by atoms with E-state index in [9.17, 15) is 5.11 Å². The van der Waals surface area contributed by atoms with Crippen LogP contribution in [0.3, 0.4) is 0 Å². The highest BCUT2D eigenvalue weighted by molar-refractivity contribution is 5.65. The van der Waals surface area contributed by atoms with Crippen LogP contribution in [0.5, 0.6) is 0 Å². The van der Waals surface area contributed by atoms with Crippen LogP contribution < -0.4 is 5.73 Å². The van der Waals surface area contributed by atoms with E-state index in [0.717, 1.165) is 11.1 Å². The fourth-order valence-electron chi connectivity index (χ4n) is 4.74. The lowest BCUT2D eigenvalue weighted by atomic mass is 10.0. The summed E-state index contributed by atoms with van der Waals surface area (Å²) in [5.74, 6) is -1.25. The summed E-state index contributed by atoms with van der Waals surface area (Å²) in [6.45, 7) is 0.837. The fourth-order valence-corrected chi connectivity index (χ4v) is 4.74. The molecule has 4 aromatic rings. The first-order valence-corrected chi connectivity index (χ1v) is 10.9. The number of benzene rings is 2. The van der Waals surface area contributed by atoms with Crippen molar-refractivity contribution in [3.05, 3.63) is 95.9 Å². The van der Waals surface area contributed by atoms with Gasteiger partial charge in [-0.05, 0) is 23.3 Å². The van der Waals surface area contributed by atoms with Crippen molar-refractivity contribution in [2.45, 2.75) is 43.2 Å². The Morgan fingerprint density at radius 2 is 1.70 bits per heavy atom. The quantitative estimate of drug-likeness (QED) is 0.452. The fraction of sp³-hybridized carbons (Fsp3) is 0.280. The third-order valence-electron chi connectivity index (χ3n) is 6.47. The minimum Gasteiger partial charge on any atom is -0.382 e. The summed E-state index contributed by atoms with van der Waals surface area (Å²) in [5, 5.41) is 15.8. The highest BCUT2D eigenvalue weighted by Crippen LogP contribution is 2.60. The Labute approximate surface area is 190 Å². The Bertz CT molecular complexity index is 1280. The van der Waals surface area contributed by atoms with Gasteiger partial charge in [0.15, 0.2) is 5.82 Å². The Morgan fingerprint density at radius 3 is 2.42 bits per heavy atom. The molecule has 0 amide bonds. The summed E-state index contributed by atoms with van der Waals surface area (Å²) >= 11 is 0. The van der Waals surface area contributed by atoms with E-state index < -0.39 is 17.5 Å². The van der Waals surface area contributed by atoms with Crippen molar-refractivity contribution in [3.63, 3.8) is 0 Å². The zero-order chi connectivity index (χ0) is 22.5. The predicted molar refractivity (Wildman–Crippen MR) is 120 cm³/mol. The standard InChI is InChI=1S/C25H24N4O4/c26-23-19-11-12-20(29(19)28-16-27-23)25(30)15-24(32-14-18-9-5-2-6-10-18)21(22(24)33-25)31-13-17-7-3-1-4-8-17/h1-12,16,21-22,30H,13-15H2,(H2,26,27,28)/t21?,22-,24-,25?/m1/s1. The van der Waals surface area contributed by atoms with Crippen molar-refractivity contribution in [3.8, 4) is 0 Å². The Kier molecular flexibility index (Phi) is 4.70. The third kappa shape index (κ3) is 3.39. The molecular weight excluding hydrogens is 420 g/mol. The van der Waals surface area contributed by atoms with E-state index in [-0.39, 0.29) is 12.5 Å². The predicted octanol–water partition coefficient (Wildman–Crippen LogP) is 2.80. The molecule has 1 saturated carbocycles. The molecule has 2 unspecified atom stereocenters. The number of hydrogen-bond acceptors (Lipinski definition) is 7. The maximum atomic E-state index is 11.5. The molecule has 168 valence electrons. The van der Waals surface area contributed by atoms with Gasteiger partial charge in [-0.1, -0.05) is 60.7 Å². The largest absolute Gasteiger partial charge is 0.382 e. The SMILES string of the molecule is Nc1ncnn2c(C3(O)C[C@@]4(OCc5ccccc5)C(OCc5ccccc5)[C@H]4O3)ccc12. The van der Waals surface area contributed by atoms with Crippen LogP contribution >= 0.6 is 0 Å². The number of nitrogen functional groups attached to an aromatic ring is 1. The van der Waals surface area contributed by atoms with Crippen LogP contribution in [0.15, 0.2) is 79.1 Å². The monoisotopic (exact) mass is 444 g/mol. The van der Waals surface area contributed by atoms with Crippen LogP contribution in [-0.2, 0) is 33.2 Å². The molecule has 1 aliphatic heterocycles. The smallest absolute Gasteiger partial charge is 0.213 e. The number of fused-ring (bicyclic) bond motifs is 2. The average molecular weight is 444 g/mol. The molecule has 3 heterocycles. The summed E-state index contributed by atoms with van der Waals surface area (Å²) in [5.41, 5.74) is 8.42. The maximum absolute atomic E-state index is 11.5. The number of anilines is 1. The van der Waals surface area contributed by atoms with Crippen LogP contribution in [0.1, 0.15) is 23.2 Å². The van der Waals surface area contributed by atoms with E-state index in [1.165, 1.54) is 6.33 Å². The summed E-state index contributed by atoms with van der Waals surface area (Å²) in [7, 11) is 0. The summed E-state index contributed by atoms with van der Waals surface area (Å²) in [6.07, 6.45) is 0.887. The molecule has 2 aromatic carbocycles. The van der Waals surface area contributed by atoms with Crippen molar-refractivity contribution in [2.24, 2.45) is 0 Å². The molecule has 3 N–H and O–H groups in total. The lowest BCUT2D eigenvalue weighted by Crippen LogP contribution is -2.35.